The number of rotatable bonds is 7. The maximum absolute atomic E-state index is 5.34. The zero-order chi connectivity index (χ0) is 14.4. The molecule has 0 amide bonds. The Labute approximate surface area is 125 Å². The van der Waals surface area contributed by atoms with Crippen LogP contribution in [0.4, 0.5) is 0 Å². The van der Waals surface area contributed by atoms with E-state index >= 15 is 0 Å². The molecule has 1 atom stereocenters. The molecule has 2 aromatic rings. The van der Waals surface area contributed by atoms with Crippen LogP contribution in [0.3, 0.4) is 0 Å². The van der Waals surface area contributed by atoms with Gasteiger partial charge in [-0.3, -0.25) is 0 Å². The number of nitrogens with one attached hydrogen (secondary N) is 1. The van der Waals surface area contributed by atoms with Gasteiger partial charge in [0.2, 0.25) is 0 Å². The minimum atomic E-state index is 0.409. The van der Waals surface area contributed by atoms with Crippen molar-refractivity contribution in [1.82, 2.24) is 5.32 Å². The highest BCUT2D eigenvalue weighted by atomic mass is 32.1. The molecule has 1 aromatic carbocycles. The highest BCUT2D eigenvalue weighted by Gasteiger charge is 2.12. The molecule has 20 heavy (non-hydrogen) atoms. The van der Waals surface area contributed by atoms with E-state index < -0.39 is 0 Å². The van der Waals surface area contributed by atoms with Crippen LogP contribution >= 0.6 is 11.3 Å². The van der Waals surface area contributed by atoms with E-state index in [0.717, 1.165) is 25.1 Å². The van der Waals surface area contributed by atoms with Crippen LogP contribution in [-0.4, -0.2) is 13.7 Å². The third-order valence-corrected chi connectivity index (χ3v) is 4.47. The summed E-state index contributed by atoms with van der Waals surface area (Å²) in [5.41, 5.74) is 2.55. The van der Waals surface area contributed by atoms with E-state index in [-0.39, 0.29) is 0 Å². The largest absolute Gasteiger partial charge is 0.496 e. The zero-order valence-electron chi connectivity index (χ0n) is 12.5. The van der Waals surface area contributed by atoms with E-state index in [2.05, 4.69) is 54.9 Å². The Morgan fingerprint density at radius 2 is 2.15 bits per heavy atom. The van der Waals surface area contributed by atoms with Crippen LogP contribution in [0.1, 0.15) is 35.4 Å². The first-order valence-electron chi connectivity index (χ1n) is 7.15. The average molecular weight is 289 g/mol. The number of methoxy groups -OCH3 is 1. The average Bonchev–Trinajstić information content (AvgIpc) is 2.96. The highest BCUT2D eigenvalue weighted by molar-refractivity contribution is 7.09. The summed E-state index contributed by atoms with van der Waals surface area (Å²) in [4.78, 5) is 1.46. The number of ether oxygens (including phenoxy) is 1. The van der Waals surface area contributed by atoms with Gasteiger partial charge in [0.1, 0.15) is 5.75 Å². The first kappa shape index (κ1) is 15.1. The summed E-state index contributed by atoms with van der Waals surface area (Å²) >= 11 is 1.84. The van der Waals surface area contributed by atoms with Crippen molar-refractivity contribution in [2.75, 3.05) is 13.7 Å². The third kappa shape index (κ3) is 3.84. The Morgan fingerprint density at radius 1 is 1.30 bits per heavy atom. The lowest BCUT2D eigenvalue weighted by Crippen LogP contribution is -2.21. The van der Waals surface area contributed by atoms with Crippen molar-refractivity contribution in [2.24, 2.45) is 0 Å². The molecule has 2 rings (SSSR count). The Hall–Kier alpha value is -1.32. The van der Waals surface area contributed by atoms with Gasteiger partial charge in [-0.05, 0) is 54.9 Å². The van der Waals surface area contributed by atoms with Crippen LogP contribution < -0.4 is 10.1 Å². The van der Waals surface area contributed by atoms with Gasteiger partial charge < -0.3 is 10.1 Å². The van der Waals surface area contributed by atoms with Gasteiger partial charge in [-0.15, -0.1) is 11.3 Å². The minimum Gasteiger partial charge on any atom is -0.496 e. The predicted molar refractivity (Wildman–Crippen MR) is 86.8 cm³/mol. The molecular weight excluding hydrogens is 266 g/mol. The van der Waals surface area contributed by atoms with Crippen molar-refractivity contribution in [1.29, 1.82) is 0 Å². The molecule has 0 aliphatic rings. The second kappa shape index (κ2) is 7.46. The Kier molecular flexibility index (Phi) is 5.62. The fraction of sp³-hybridized carbons (Fsp3) is 0.412. The molecule has 108 valence electrons. The predicted octanol–water partition coefficient (Wildman–Crippen LogP) is 4.35. The lowest BCUT2D eigenvalue weighted by atomic mass is 9.99. The monoisotopic (exact) mass is 289 g/mol. The van der Waals surface area contributed by atoms with Crippen molar-refractivity contribution in [3.05, 3.63) is 51.7 Å². The number of benzene rings is 1. The van der Waals surface area contributed by atoms with Crippen LogP contribution in [-0.2, 0) is 6.42 Å². The van der Waals surface area contributed by atoms with Crippen LogP contribution in [0.5, 0.6) is 5.75 Å². The molecule has 1 heterocycles. The van der Waals surface area contributed by atoms with Crippen molar-refractivity contribution in [3.8, 4) is 5.75 Å². The number of hydrogen-bond acceptors (Lipinski definition) is 3. The standard InChI is InChI=1S/C17H23NOS/c1-4-18-16(9-8-15-6-5-11-20-15)14-7-10-17(19-3)13(2)12-14/h5-7,10-12,16,18H,4,8-9H2,1-3H3. The lowest BCUT2D eigenvalue weighted by molar-refractivity contribution is 0.411. The number of thiophene rings is 1. The van der Waals surface area contributed by atoms with E-state index in [9.17, 15) is 0 Å². The highest BCUT2D eigenvalue weighted by Crippen LogP contribution is 2.26. The molecule has 2 nitrogen and oxygen atoms in total. The molecule has 0 radical (unpaired) electrons. The molecule has 0 saturated heterocycles. The van der Waals surface area contributed by atoms with E-state index in [1.54, 1.807) is 7.11 Å². The summed E-state index contributed by atoms with van der Waals surface area (Å²) in [6.07, 6.45) is 2.25. The Balaban J connectivity index is 2.09. The first-order valence-corrected chi connectivity index (χ1v) is 8.03. The first-order chi connectivity index (χ1) is 9.74. The number of aryl methyl sites for hydroxylation is 2. The van der Waals surface area contributed by atoms with Crippen molar-refractivity contribution < 1.29 is 4.74 Å². The zero-order valence-corrected chi connectivity index (χ0v) is 13.3. The molecular formula is C17H23NOS. The minimum absolute atomic E-state index is 0.409. The third-order valence-electron chi connectivity index (χ3n) is 3.53. The molecule has 1 aromatic heterocycles. The van der Waals surface area contributed by atoms with Crippen LogP contribution in [0.25, 0.3) is 0 Å². The van der Waals surface area contributed by atoms with Gasteiger partial charge in [0.25, 0.3) is 0 Å². The van der Waals surface area contributed by atoms with Crippen LogP contribution in [0.15, 0.2) is 35.7 Å². The molecule has 0 spiro atoms. The SMILES string of the molecule is CCNC(CCc1cccs1)c1ccc(OC)c(C)c1. The number of hydrogen-bond donors (Lipinski definition) is 1. The Morgan fingerprint density at radius 3 is 2.75 bits per heavy atom. The smallest absolute Gasteiger partial charge is 0.121 e. The summed E-state index contributed by atoms with van der Waals surface area (Å²) in [6.45, 7) is 5.25. The van der Waals surface area contributed by atoms with E-state index in [1.807, 2.05) is 11.3 Å². The second-order valence-corrected chi connectivity index (χ2v) is 5.99. The lowest BCUT2D eigenvalue weighted by Gasteiger charge is -2.19. The van der Waals surface area contributed by atoms with E-state index in [1.165, 1.54) is 16.0 Å². The molecule has 0 saturated carbocycles. The fourth-order valence-corrected chi connectivity index (χ4v) is 3.22. The van der Waals surface area contributed by atoms with Crippen molar-refractivity contribution >= 4 is 11.3 Å². The summed E-state index contributed by atoms with van der Waals surface area (Å²) in [6, 6.07) is 11.2. The van der Waals surface area contributed by atoms with Gasteiger partial charge in [0, 0.05) is 10.9 Å². The van der Waals surface area contributed by atoms with Gasteiger partial charge in [-0.2, -0.15) is 0 Å². The molecule has 0 fully saturated rings. The van der Waals surface area contributed by atoms with Crippen LogP contribution in [0, 0.1) is 6.92 Å². The quantitative estimate of drug-likeness (QED) is 0.818. The molecule has 1 N–H and O–H groups in total. The van der Waals surface area contributed by atoms with E-state index in [0.29, 0.717) is 6.04 Å². The van der Waals surface area contributed by atoms with Gasteiger partial charge in [0.05, 0.1) is 7.11 Å². The molecule has 0 bridgehead atoms. The summed E-state index contributed by atoms with van der Waals surface area (Å²) in [5.74, 6) is 0.960. The summed E-state index contributed by atoms with van der Waals surface area (Å²) < 4.78 is 5.34. The van der Waals surface area contributed by atoms with E-state index in [4.69, 9.17) is 4.74 Å². The summed E-state index contributed by atoms with van der Waals surface area (Å²) in [5, 5.41) is 5.74. The van der Waals surface area contributed by atoms with Gasteiger partial charge in [-0.1, -0.05) is 25.1 Å². The second-order valence-electron chi connectivity index (χ2n) is 4.96. The fourth-order valence-electron chi connectivity index (χ4n) is 2.49. The van der Waals surface area contributed by atoms with Gasteiger partial charge in [0.15, 0.2) is 0 Å². The molecule has 0 aliphatic carbocycles. The molecule has 0 aliphatic heterocycles. The van der Waals surface area contributed by atoms with Crippen molar-refractivity contribution in [3.63, 3.8) is 0 Å². The van der Waals surface area contributed by atoms with Gasteiger partial charge >= 0.3 is 0 Å². The maximum atomic E-state index is 5.34. The molecule has 1 unspecified atom stereocenters. The van der Waals surface area contributed by atoms with Crippen LogP contribution in [0.2, 0.25) is 0 Å². The van der Waals surface area contributed by atoms with Gasteiger partial charge in [-0.25, -0.2) is 0 Å². The topological polar surface area (TPSA) is 21.3 Å². The molecule has 3 heteroatoms. The van der Waals surface area contributed by atoms with Crippen molar-refractivity contribution in [2.45, 2.75) is 32.7 Å². The summed E-state index contributed by atoms with van der Waals surface area (Å²) in [7, 11) is 1.72. The normalized spacial score (nSPS) is 12.3. The Bertz CT molecular complexity index is 522. The maximum Gasteiger partial charge on any atom is 0.121 e.